The second kappa shape index (κ2) is 7.70. The number of esters is 1. The van der Waals surface area contributed by atoms with Crippen molar-refractivity contribution in [3.05, 3.63) is 30.5 Å². The number of para-hydroxylation sites is 1. The Bertz CT molecular complexity index is 747. The normalized spacial score (nSPS) is 21.4. The molecule has 1 aromatic heterocycles. The van der Waals surface area contributed by atoms with Crippen LogP contribution in [0.1, 0.15) is 47.0 Å². The fourth-order valence-corrected chi connectivity index (χ4v) is 3.80. The highest BCUT2D eigenvalue weighted by Crippen LogP contribution is 2.32. The van der Waals surface area contributed by atoms with Gasteiger partial charge in [-0.3, -0.25) is 10.1 Å². The van der Waals surface area contributed by atoms with E-state index in [9.17, 15) is 4.79 Å². The molecule has 0 saturated carbocycles. The van der Waals surface area contributed by atoms with Gasteiger partial charge in [-0.05, 0) is 53.1 Å². The molecule has 2 aromatic rings. The maximum Gasteiger partial charge on any atom is 0.312 e. The molecule has 142 valence electrons. The third kappa shape index (κ3) is 4.04. The molecule has 0 amide bonds. The highest BCUT2D eigenvalue weighted by atomic mass is 16.6. The smallest absolute Gasteiger partial charge is 0.312 e. The zero-order valence-corrected chi connectivity index (χ0v) is 16.3. The summed E-state index contributed by atoms with van der Waals surface area (Å²) in [7, 11) is 0. The number of nitrogens with one attached hydrogen (secondary N) is 2. The minimum Gasteiger partial charge on any atom is -0.460 e. The van der Waals surface area contributed by atoms with Crippen LogP contribution in [-0.2, 0) is 9.53 Å². The van der Waals surface area contributed by atoms with Crippen LogP contribution in [0.2, 0.25) is 0 Å². The minimum atomic E-state index is -0.467. The first-order valence-electron chi connectivity index (χ1n) is 9.69. The van der Waals surface area contributed by atoms with Gasteiger partial charge in [0.05, 0.1) is 17.8 Å². The van der Waals surface area contributed by atoms with Crippen molar-refractivity contribution in [2.24, 2.45) is 5.92 Å². The van der Waals surface area contributed by atoms with Gasteiger partial charge in [-0.15, -0.1) is 0 Å². The van der Waals surface area contributed by atoms with Gasteiger partial charge in [-0.1, -0.05) is 24.6 Å². The summed E-state index contributed by atoms with van der Waals surface area (Å²) in [6.45, 7) is 9.67. The minimum absolute atomic E-state index is 0.0587. The second-order valence-corrected chi connectivity index (χ2v) is 8.04. The van der Waals surface area contributed by atoms with Crippen molar-refractivity contribution < 1.29 is 9.53 Å². The van der Waals surface area contributed by atoms with E-state index in [1.54, 1.807) is 0 Å². The van der Waals surface area contributed by atoms with Crippen LogP contribution in [0.5, 0.6) is 0 Å². The molecule has 5 heteroatoms. The lowest BCUT2D eigenvalue weighted by Gasteiger charge is -2.37. The number of aromatic nitrogens is 1. The van der Waals surface area contributed by atoms with E-state index in [1.807, 2.05) is 33.0 Å². The first-order chi connectivity index (χ1) is 12.4. The van der Waals surface area contributed by atoms with Gasteiger partial charge in [-0.25, -0.2) is 0 Å². The molecule has 3 rings (SSSR count). The highest BCUT2D eigenvalue weighted by Gasteiger charge is 2.36. The number of aromatic amines is 1. The van der Waals surface area contributed by atoms with Crippen LogP contribution in [-0.4, -0.2) is 35.8 Å². The number of hydrogen-bond donors (Lipinski definition) is 2. The molecule has 1 aliphatic heterocycles. The summed E-state index contributed by atoms with van der Waals surface area (Å²) < 4.78 is 5.75. The molecule has 2 unspecified atom stereocenters. The van der Waals surface area contributed by atoms with Crippen LogP contribution in [0.4, 0.5) is 5.69 Å². The quantitative estimate of drug-likeness (QED) is 0.811. The van der Waals surface area contributed by atoms with Crippen LogP contribution < -0.4 is 10.2 Å². The topological polar surface area (TPSA) is 57.4 Å². The van der Waals surface area contributed by atoms with Crippen LogP contribution >= 0.6 is 0 Å². The predicted octanol–water partition coefficient (Wildman–Crippen LogP) is 4.05. The van der Waals surface area contributed by atoms with E-state index in [1.165, 1.54) is 5.39 Å². The molecule has 1 aliphatic rings. The van der Waals surface area contributed by atoms with Gasteiger partial charge in [0.15, 0.2) is 0 Å². The Balaban J connectivity index is 1.94. The van der Waals surface area contributed by atoms with E-state index in [4.69, 9.17) is 4.74 Å². The molecule has 5 nitrogen and oxygen atoms in total. The lowest BCUT2D eigenvalue weighted by atomic mass is 9.98. The number of H-pyrrole nitrogens is 1. The molecule has 0 bridgehead atoms. The van der Waals surface area contributed by atoms with Crippen molar-refractivity contribution in [2.75, 3.05) is 18.0 Å². The number of nitrogens with zero attached hydrogens (tertiary/aromatic N) is 1. The Morgan fingerprint density at radius 2 is 2.04 bits per heavy atom. The van der Waals surface area contributed by atoms with Crippen molar-refractivity contribution in [3.8, 4) is 0 Å². The number of anilines is 1. The van der Waals surface area contributed by atoms with Gasteiger partial charge >= 0.3 is 5.97 Å². The molecule has 0 spiro atoms. The SMILES string of the molecule is CCN(c1c[nH]c2ccccc12)C1NCCCCC1C(=O)OC(C)(C)C. The highest BCUT2D eigenvalue weighted by molar-refractivity contribution is 5.93. The number of hydrogen-bond acceptors (Lipinski definition) is 4. The fourth-order valence-electron chi connectivity index (χ4n) is 3.80. The number of ether oxygens (including phenoxy) is 1. The Morgan fingerprint density at radius 1 is 1.27 bits per heavy atom. The molecule has 2 atom stereocenters. The Morgan fingerprint density at radius 3 is 2.77 bits per heavy atom. The Kier molecular flexibility index (Phi) is 5.56. The third-order valence-corrected chi connectivity index (χ3v) is 4.94. The summed E-state index contributed by atoms with van der Waals surface area (Å²) in [5, 5.41) is 4.80. The first-order valence-corrected chi connectivity index (χ1v) is 9.69. The average Bonchev–Trinajstić information content (AvgIpc) is 2.84. The largest absolute Gasteiger partial charge is 0.460 e. The number of carbonyl (C=O) groups is 1. The van der Waals surface area contributed by atoms with Crippen LogP contribution in [0.3, 0.4) is 0 Å². The maximum atomic E-state index is 12.9. The van der Waals surface area contributed by atoms with E-state index in [0.717, 1.165) is 43.6 Å². The Hall–Kier alpha value is -2.01. The fraction of sp³-hybridized carbons (Fsp3) is 0.571. The molecule has 1 saturated heterocycles. The standard InChI is InChI=1S/C21H31N3O2/c1-5-24(18-14-23-17-12-7-6-10-15(17)18)19-16(11-8-9-13-22-19)20(25)26-21(2,3)4/h6-7,10,12,14,16,19,22-23H,5,8-9,11,13H2,1-4H3. The predicted molar refractivity (Wildman–Crippen MR) is 106 cm³/mol. The van der Waals surface area contributed by atoms with Gasteiger partial charge < -0.3 is 14.6 Å². The van der Waals surface area contributed by atoms with Crippen LogP contribution in [0.25, 0.3) is 10.9 Å². The number of benzene rings is 1. The molecule has 0 aliphatic carbocycles. The van der Waals surface area contributed by atoms with E-state index in [2.05, 4.69) is 40.3 Å². The van der Waals surface area contributed by atoms with Gasteiger partial charge in [0.25, 0.3) is 0 Å². The number of rotatable bonds is 4. The van der Waals surface area contributed by atoms with Crippen molar-refractivity contribution in [1.82, 2.24) is 10.3 Å². The first kappa shape index (κ1) is 18.8. The van der Waals surface area contributed by atoms with E-state index < -0.39 is 5.60 Å². The lowest BCUT2D eigenvalue weighted by molar-refractivity contribution is -0.161. The Labute approximate surface area is 156 Å². The molecule has 2 N–H and O–H groups in total. The van der Waals surface area contributed by atoms with Gasteiger partial charge in [-0.2, -0.15) is 0 Å². The molecule has 2 heterocycles. The summed E-state index contributed by atoms with van der Waals surface area (Å²) in [5.41, 5.74) is 1.78. The average molecular weight is 357 g/mol. The van der Waals surface area contributed by atoms with Crippen molar-refractivity contribution >= 4 is 22.6 Å². The summed E-state index contributed by atoms with van der Waals surface area (Å²) in [4.78, 5) is 18.6. The van der Waals surface area contributed by atoms with Crippen molar-refractivity contribution in [2.45, 2.75) is 58.7 Å². The van der Waals surface area contributed by atoms with Gasteiger partial charge in [0.2, 0.25) is 0 Å². The summed E-state index contributed by atoms with van der Waals surface area (Å²) in [5.74, 6) is -0.277. The van der Waals surface area contributed by atoms with Gasteiger partial charge in [0.1, 0.15) is 5.60 Å². The molecular weight excluding hydrogens is 326 g/mol. The maximum absolute atomic E-state index is 12.9. The van der Waals surface area contributed by atoms with E-state index in [-0.39, 0.29) is 18.1 Å². The van der Waals surface area contributed by atoms with Crippen molar-refractivity contribution in [3.63, 3.8) is 0 Å². The lowest BCUT2D eigenvalue weighted by Crippen LogP contribution is -2.53. The van der Waals surface area contributed by atoms with Crippen LogP contribution in [0, 0.1) is 5.92 Å². The van der Waals surface area contributed by atoms with E-state index >= 15 is 0 Å². The molecular formula is C21H31N3O2. The monoisotopic (exact) mass is 357 g/mol. The summed E-state index contributed by atoms with van der Waals surface area (Å²) in [6.07, 6.45) is 4.97. The number of carbonyl (C=O) groups excluding carboxylic acids is 1. The van der Waals surface area contributed by atoms with Gasteiger partial charge in [0, 0.05) is 23.6 Å². The second-order valence-electron chi connectivity index (χ2n) is 8.04. The molecule has 26 heavy (non-hydrogen) atoms. The molecule has 1 aromatic carbocycles. The molecule has 1 fully saturated rings. The van der Waals surface area contributed by atoms with E-state index in [0.29, 0.717) is 0 Å². The van der Waals surface area contributed by atoms with Crippen molar-refractivity contribution in [1.29, 1.82) is 0 Å². The summed E-state index contributed by atoms with van der Waals surface area (Å²) >= 11 is 0. The third-order valence-electron chi connectivity index (χ3n) is 4.94. The zero-order valence-electron chi connectivity index (χ0n) is 16.3. The zero-order chi connectivity index (χ0) is 18.7. The number of fused-ring (bicyclic) bond motifs is 1. The van der Waals surface area contributed by atoms with Crippen LogP contribution in [0.15, 0.2) is 30.5 Å². The molecule has 0 radical (unpaired) electrons. The summed E-state index contributed by atoms with van der Waals surface area (Å²) in [6, 6.07) is 8.30.